The van der Waals surface area contributed by atoms with Crippen molar-refractivity contribution >= 4 is 5.97 Å². The van der Waals surface area contributed by atoms with Gasteiger partial charge in [-0.15, -0.1) is 0 Å². The molecular formula is C7H14O7. The van der Waals surface area contributed by atoms with Gasteiger partial charge < -0.3 is 30.6 Å². The molecule has 0 bridgehead atoms. The van der Waals surface area contributed by atoms with Crippen LogP contribution in [0.2, 0.25) is 0 Å². The van der Waals surface area contributed by atoms with E-state index >= 15 is 0 Å². The molecule has 0 saturated heterocycles. The van der Waals surface area contributed by atoms with E-state index in [1.165, 1.54) is 0 Å². The summed E-state index contributed by atoms with van der Waals surface area (Å²) in [6, 6.07) is 0. The van der Waals surface area contributed by atoms with Gasteiger partial charge in [0.2, 0.25) is 0 Å². The van der Waals surface area contributed by atoms with Gasteiger partial charge in [-0.25, -0.2) is 0 Å². The van der Waals surface area contributed by atoms with E-state index in [0.717, 1.165) is 0 Å². The normalized spacial score (nSPS) is 19.8. The Labute approximate surface area is 79.9 Å². The quantitative estimate of drug-likeness (QED) is 0.273. The topological polar surface area (TPSA) is 138 Å². The summed E-state index contributed by atoms with van der Waals surface area (Å²) in [5.74, 6) is -1.35. The molecule has 0 saturated carbocycles. The van der Waals surface area contributed by atoms with Crippen LogP contribution in [0.25, 0.3) is 0 Å². The first-order valence-corrected chi connectivity index (χ1v) is 3.95. The van der Waals surface area contributed by atoms with Crippen LogP contribution in [0.5, 0.6) is 0 Å². The Hall–Kier alpha value is -0.730. The first kappa shape index (κ1) is 13.3. The largest absolute Gasteiger partial charge is 0.481 e. The summed E-state index contributed by atoms with van der Waals surface area (Å²) in [6.45, 7) is -0.794. The standard InChI is InChI=1S/C7H14O7/c8-2-4(10)7(14)6(13)3(9)1-5(11)12/h3-4,6-10,13-14H,1-2H2,(H,11,12). The minimum absolute atomic E-state index is 0.754. The van der Waals surface area contributed by atoms with Gasteiger partial charge in [-0.3, -0.25) is 4.79 Å². The molecule has 7 heteroatoms. The summed E-state index contributed by atoms with van der Waals surface area (Å²) in [5.41, 5.74) is 0. The predicted octanol–water partition coefficient (Wildman–Crippen LogP) is -3.10. The Morgan fingerprint density at radius 1 is 1.00 bits per heavy atom. The molecule has 0 spiro atoms. The maximum absolute atomic E-state index is 10.1. The monoisotopic (exact) mass is 210 g/mol. The highest BCUT2D eigenvalue weighted by Gasteiger charge is 2.30. The number of carboxylic acids is 1. The molecule has 0 amide bonds. The molecule has 0 aliphatic carbocycles. The Morgan fingerprint density at radius 2 is 1.43 bits per heavy atom. The highest BCUT2D eigenvalue weighted by Crippen LogP contribution is 2.07. The maximum Gasteiger partial charge on any atom is 0.306 e. The first-order valence-electron chi connectivity index (χ1n) is 3.95. The van der Waals surface area contributed by atoms with Gasteiger partial charge in [0.05, 0.1) is 19.1 Å². The van der Waals surface area contributed by atoms with Crippen LogP contribution >= 0.6 is 0 Å². The van der Waals surface area contributed by atoms with E-state index in [-0.39, 0.29) is 0 Å². The van der Waals surface area contributed by atoms with E-state index in [1.54, 1.807) is 0 Å². The molecule has 0 aromatic carbocycles. The van der Waals surface area contributed by atoms with E-state index in [2.05, 4.69) is 0 Å². The maximum atomic E-state index is 10.1. The Kier molecular flexibility index (Phi) is 5.58. The zero-order chi connectivity index (χ0) is 11.3. The highest BCUT2D eigenvalue weighted by atomic mass is 16.4. The lowest BCUT2D eigenvalue weighted by atomic mass is 10.0. The van der Waals surface area contributed by atoms with Crippen LogP contribution in [0.4, 0.5) is 0 Å². The summed E-state index contributed by atoms with van der Waals surface area (Å²) in [6.07, 6.45) is -7.66. The number of aliphatic carboxylic acids is 1. The lowest BCUT2D eigenvalue weighted by molar-refractivity contribution is -0.147. The van der Waals surface area contributed by atoms with Gasteiger partial charge in [0.15, 0.2) is 0 Å². The fourth-order valence-corrected chi connectivity index (χ4v) is 0.863. The van der Waals surface area contributed by atoms with Crippen molar-refractivity contribution < 1.29 is 35.4 Å². The molecular weight excluding hydrogens is 196 g/mol. The van der Waals surface area contributed by atoms with Gasteiger partial charge in [-0.2, -0.15) is 0 Å². The van der Waals surface area contributed by atoms with E-state index in [9.17, 15) is 4.79 Å². The van der Waals surface area contributed by atoms with Crippen LogP contribution in [-0.2, 0) is 4.79 Å². The second-order valence-electron chi connectivity index (χ2n) is 2.90. The average molecular weight is 210 g/mol. The van der Waals surface area contributed by atoms with Crippen LogP contribution in [0, 0.1) is 0 Å². The molecule has 4 atom stereocenters. The van der Waals surface area contributed by atoms with Crippen molar-refractivity contribution in [1.29, 1.82) is 0 Å². The van der Waals surface area contributed by atoms with Crippen LogP contribution in [-0.4, -0.2) is 67.6 Å². The third-order valence-electron chi connectivity index (χ3n) is 1.71. The lowest BCUT2D eigenvalue weighted by Crippen LogP contribution is -2.46. The fourth-order valence-electron chi connectivity index (χ4n) is 0.863. The lowest BCUT2D eigenvalue weighted by Gasteiger charge is -2.24. The van der Waals surface area contributed by atoms with Crippen molar-refractivity contribution in [1.82, 2.24) is 0 Å². The molecule has 0 fully saturated rings. The van der Waals surface area contributed by atoms with Crippen molar-refractivity contribution in [3.63, 3.8) is 0 Å². The molecule has 0 aliphatic rings. The van der Waals surface area contributed by atoms with Crippen LogP contribution in [0.1, 0.15) is 6.42 Å². The van der Waals surface area contributed by atoms with Crippen molar-refractivity contribution in [3.05, 3.63) is 0 Å². The van der Waals surface area contributed by atoms with Crippen LogP contribution in [0.3, 0.4) is 0 Å². The number of aliphatic hydroxyl groups is 5. The van der Waals surface area contributed by atoms with Gasteiger partial charge in [0, 0.05) is 0 Å². The van der Waals surface area contributed by atoms with E-state index in [0.29, 0.717) is 0 Å². The van der Waals surface area contributed by atoms with Crippen molar-refractivity contribution in [3.8, 4) is 0 Å². The van der Waals surface area contributed by atoms with Gasteiger partial charge in [-0.1, -0.05) is 0 Å². The smallest absolute Gasteiger partial charge is 0.306 e. The third-order valence-corrected chi connectivity index (χ3v) is 1.71. The zero-order valence-electron chi connectivity index (χ0n) is 7.32. The van der Waals surface area contributed by atoms with Gasteiger partial charge in [-0.05, 0) is 0 Å². The van der Waals surface area contributed by atoms with Gasteiger partial charge in [0.1, 0.15) is 18.3 Å². The number of carbonyl (C=O) groups is 1. The Bertz CT molecular complexity index is 183. The molecule has 0 radical (unpaired) electrons. The van der Waals surface area contributed by atoms with Gasteiger partial charge >= 0.3 is 5.97 Å². The SMILES string of the molecule is O=C(O)CC(O)C(O)C(O)C(O)CO. The number of carboxylic acid groups (broad SMARTS) is 1. The van der Waals surface area contributed by atoms with E-state index in [4.69, 9.17) is 30.6 Å². The number of hydrogen-bond acceptors (Lipinski definition) is 6. The molecule has 4 unspecified atom stereocenters. The van der Waals surface area contributed by atoms with Gasteiger partial charge in [0.25, 0.3) is 0 Å². The first-order chi connectivity index (χ1) is 6.40. The average Bonchev–Trinajstić information content (AvgIpc) is 2.13. The fraction of sp³-hybridized carbons (Fsp3) is 0.857. The second kappa shape index (κ2) is 5.89. The Balaban J connectivity index is 4.15. The minimum Gasteiger partial charge on any atom is -0.481 e. The minimum atomic E-state index is -1.81. The molecule has 0 rings (SSSR count). The molecule has 84 valence electrons. The highest BCUT2D eigenvalue weighted by molar-refractivity contribution is 5.67. The molecule has 0 heterocycles. The molecule has 0 aliphatic heterocycles. The summed E-state index contributed by atoms with van der Waals surface area (Å²) < 4.78 is 0. The zero-order valence-corrected chi connectivity index (χ0v) is 7.32. The van der Waals surface area contributed by atoms with Crippen LogP contribution in [0.15, 0.2) is 0 Å². The molecule has 6 N–H and O–H groups in total. The van der Waals surface area contributed by atoms with Crippen molar-refractivity contribution in [2.24, 2.45) is 0 Å². The summed E-state index contributed by atoms with van der Waals surface area (Å²) in [5, 5.41) is 52.7. The molecule has 14 heavy (non-hydrogen) atoms. The van der Waals surface area contributed by atoms with Crippen LogP contribution < -0.4 is 0 Å². The number of rotatable bonds is 6. The number of hydrogen-bond donors (Lipinski definition) is 6. The summed E-state index contributed by atoms with van der Waals surface area (Å²) in [4.78, 5) is 10.1. The second-order valence-corrected chi connectivity index (χ2v) is 2.90. The molecule has 0 aromatic heterocycles. The van der Waals surface area contributed by atoms with Crippen molar-refractivity contribution in [2.45, 2.75) is 30.8 Å². The van der Waals surface area contributed by atoms with Crippen molar-refractivity contribution in [2.75, 3.05) is 6.61 Å². The van der Waals surface area contributed by atoms with E-state index in [1.807, 2.05) is 0 Å². The predicted molar refractivity (Wildman–Crippen MR) is 43.4 cm³/mol. The number of aliphatic hydroxyl groups excluding tert-OH is 5. The van der Waals surface area contributed by atoms with E-state index < -0.39 is 43.4 Å². The molecule has 7 nitrogen and oxygen atoms in total. The summed E-state index contributed by atoms with van der Waals surface area (Å²) in [7, 11) is 0. The third kappa shape index (κ3) is 3.99. The molecule has 0 aromatic rings. The Morgan fingerprint density at radius 3 is 1.79 bits per heavy atom. The summed E-state index contributed by atoms with van der Waals surface area (Å²) >= 11 is 0.